The molecule has 4 nitrogen and oxygen atoms in total. The Kier molecular flexibility index (Phi) is 4.10. The molecular formula is C15H22N2O2. The van der Waals surface area contributed by atoms with Gasteiger partial charge in [-0.05, 0) is 36.6 Å². The summed E-state index contributed by atoms with van der Waals surface area (Å²) >= 11 is 0. The third kappa shape index (κ3) is 2.73. The van der Waals surface area contributed by atoms with Gasteiger partial charge in [-0.15, -0.1) is 0 Å². The van der Waals surface area contributed by atoms with Gasteiger partial charge in [-0.1, -0.05) is 26.8 Å². The summed E-state index contributed by atoms with van der Waals surface area (Å²) in [7, 11) is 1.73. The molecule has 0 aliphatic heterocycles. The number of hydrogen-bond donors (Lipinski definition) is 1. The van der Waals surface area contributed by atoms with E-state index in [-0.39, 0.29) is 11.8 Å². The van der Waals surface area contributed by atoms with Gasteiger partial charge in [-0.3, -0.25) is 4.57 Å². The van der Waals surface area contributed by atoms with Gasteiger partial charge < -0.3 is 9.73 Å². The molecule has 0 fully saturated rings. The summed E-state index contributed by atoms with van der Waals surface area (Å²) in [6.45, 7) is 7.53. The average molecular weight is 262 g/mol. The highest BCUT2D eigenvalue weighted by molar-refractivity contribution is 5.73. The number of fused-ring (bicyclic) bond motifs is 1. The van der Waals surface area contributed by atoms with Crippen LogP contribution in [0.25, 0.3) is 11.1 Å². The van der Waals surface area contributed by atoms with Gasteiger partial charge in [-0.25, -0.2) is 4.79 Å². The van der Waals surface area contributed by atoms with E-state index in [9.17, 15) is 4.79 Å². The van der Waals surface area contributed by atoms with E-state index < -0.39 is 0 Å². The number of hydrogen-bond acceptors (Lipinski definition) is 3. The van der Waals surface area contributed by atoms with E-state index in [1.54, 1.807) is 7.05 Å². The summed E-state index contributed by atoms with van der Waals surface area (Å²) < 4.78 is 6.78. The van der Waals surface area contributed by atoms with Crippen molar-refractivity contribution in [2.45, 2.75) is 33.2 Å². The van der Waals surface area contributed by atoms with Crippen molar-refractivity contribution in [1.29, 1.82) is 0 Å². The molecule has 0 bridgehead atoms. The van der Waals surface area contributed by atoms with Crippen LogP contribution in [0.1, 0.15) is 38.8 Å². The van der Waals surface area contributed by atoms with Crippen molar-refractivity contribution in [3.63, 3.8) is 0 Å². The van der Waals surface area contributed by atoms with Crippen LogP contribution in [0.3, 0.4) is 0 Å². The summed E-state index contributed by atoms with van der Waals surface area (Å²) in [4.78, 5) is 11.5. The fraction of sp³-hybridized carbons (Fsp3) is 0.533. The van der Waals surface area contributed by atoms with Crippen molar-refractivity contribution >= 4 is 11.1 Å². The minimum Gasteiger partial charge on any atom is -0.408 e. The molecular weight excluding hydrogens is 240 g/mol. The summed E-state index contributed by atoms with van der Waals surface area (Å²) in [5, 5.41) is 3.54. The first-order valence-electron chi connectivity index (χ1n) is 6.87. The molecule has 0 radical (unpaired) electrons. The van der Waals surface area contributed by atoms with Crippen LogP contribution in [-0.2, 0) is 7.05 Å². The first kappa shape index (κ1) is 13.9. The second kappa shape index (κ2) is 5.61. The van der Waals surface area contributed by atoms with Crippen molar-refractivity contribution in [3.05, 3.63) is 34.3 Å². The molecule has 0 amide bonds. The van der Waals surface area contributed by atoms with Crippen LogP contribution in [0.2, 0.25) is 0 Å². The number of rotatable bonds is 5. The van der Waals surface area contributed by atoms with Crippen molar-refractivity contribution < 1.29 is 4.42 Å². The number of nitrogens with zero attached hydrogens (tertiary/aromatic N) is 1. The fourth-order valence-corrected chi connectivity index (χ4v) is 2.38. The molecule has 104 valence electrons. The Morgan fingerprint density at radius 3 is 2.74 bits per heavy atom. The summed E-state index contributed by atoms with van der Waals surface area (Å²) in [6, 6.07) is 6.29. The van der Waals surface area contributed by atoms with Crippen LogP contribution < -0.4 is 11.1 Å². The third-order valence-corrected chi connectivity index (χ3v) is 3.46. The molecule has 4 heteroatoms. The van der Waals surface area contributed by atoms with Gasteiger partial charge in [0.05, 0.1) is 5.52 Å². The van der Waals surface area contributed by atoms with Gasteiger partial charge >= 0.3 is 5.76 Å². The molecule has 1 aromatic carbocycles. The minimum absolute atomic E-state index is 0.287. The van der Waals surface area contributed by atoms with Crippen molar-refractivity contribution in [1.82, 2.24) is 9.88 Å². The summed E-state index contributed by atoms with van der Waals surface area (Å²) in [6.07, 6.45) is 1.10. The zero-order valence-electron chi connectivity index (χ0n) is 12.1. The Hall–Kier alpha value is -1.55. The lowest BCUT2D eigenvalue weighted by Crippen LogP contribution is -2.26. The normalized spacial score (nSPS) is 13.3. The van der Waals surface area contributed by atoms with Crippen LogP contribution in [0.15, 0.2) is 27.4 Å². The lowest BCUT2D eigenvalue weighted by molar-refractivity contribution is 0.412. The molecule has 1 aromatic heterocycles. The molecule has 0 aliphatic carbocycles. The first-order chi connectivity index (χ1) is 9.04. The molecule has 0 saturated heterocycles. The van der Waals surface area contributed by atoms with Crippen molar-refractivity contribution in [2.75, 3.05) is 6.54 Å². The van der Waals surface area contributed by atoms with E-state index in [1.807, 2.05) is 12.1 Å². The molecule has 2 rings (SSSR count). The van der Waals surface area contributed by atoms with E-state index in [4.69, 9.17) is 4.42 Å². The second-order valence-corrected chi connectivity index (χ2v) is 5.33. The van der Waals surface area contributed by atoms with Crippen LogP contribution in [0.4, 0.5) is 0 Å². The maximum atomic E-state index is 11.5. The molecule has 1 atom stereocenters. The molecule has 1 unspecified atom stereocenters. The number of oxazole rings is 1. The van der Waals surface area contributed by atoms with Crippen molar-refractivity contribution in [2.24, 2.45) is 13.0 Å². The summed E-state index contributed by atoms with van der Waals surface area (Å²) in [5.41, 5.74) is 2.67. The Morgan fingerprint density at radius 1 is 1.37 bits per heavy atom. The highest BCUT2D eigenvalue weighted by Crippen LogP contribution is 2.25. The van der Waals surface area contributed by atoms with Gasteiger partial charge in [0.25, 0.3) is 0 Å². The van der Waals surface area contributed by atoms with Crippen LogP contribution >= 0.6 is 0 Å². The molecule has 19 heavy (non-hydrogen) atoms. The molecule has 0 saturated carbocycles. The Bertz CT molecular complexity index is 610. The zero-order chi connectivity index (χ0) is 14.0. The largest absolute Gasteiger partial charge is 0.419 e. The van der Waals surface area contributed by atoms with Crippen LogP contribution in [0.5, 0.6) is 0 Å². The average Bonchev–Trinajstić information content (AvgIpc) is 2.65. The minimum atomic E-state index is -0.310. The van der Waals surface area contributed by atoms with Gasteiger partial charge in [-0.2, -0.15) is 0 Å². The lowest BCUT2D eigenvalue weighted by Gasteiger charge is -2.22. The molecule has 1 heterocycles. The quantitative estimate of drug-likeness (QED) is 0.901. The smallest absolute Gasteiger partial charge is 0.408 e. The number of aryl methyl sites for hydroxylation is 1. The van der Waals surface area contributed by atoms with Gasteiger partial charge in [0, 0.05) is 13.1 Å². The number of nitrogens with one attached hydrogen (secondary N) is 1. The molecule has 0 aliphatic rings. The van der Waals surface area contributed by atoms with Gasteiger partial charge in [0.15, 0.2) is 5.58 Å². The van der Waals surface area contributed by atoms with E-state index in [1.165, 1.54) is 10.1 Å². The maximum Gasteiger partial charge on any atom is 0.419 e. The monoisotopic (exact) mass is 262 g/mol. The Morgan fingerprint density at radius 2 is 2.11 bits per heavy atom. The fourth-order valence-electron chi connectivity index (χ4n) is 2.38. The highest BCUT2D eigenvalue weighted by atomic mass is 16.4. The molecule has 1 N–H and O–H groups in total. The second-order valence-electron chi connectivity index (χ2n) is 5.33. The molecule has 0 spiro atoms. The van der Waals surface area contributed by atoms with E-state index in [2.05, 4.69) is 32.2 Å². The zero-order valence-corrected chi connectivity index (χ0v) is 12.1. The van der Waals surface area contributed by atoms with Crippen molar-refractivity contribution in [3.8, 4) is 0 Å². The van der Waals surface area contributed by atoms with Crippen LogP contribution in [0, 0.1) is 5.92 Å². The SMILES string of the molecule is CCCNC(c1ccc2c(c1)oc(=O)n2C)C(C)C. The topological polar surface area (TPSA) is 47.2 Å². The van der Waals surface area contributed by atoms with Crippen LogP contribution in [-0.4, -0.2) is 11.1 Å². The van der Waals surface area contributed by atoms with E-state index >= 15 is 0 Å². The number of aromatic nitrogens is 1. The van der Waals surface area contributed by atoms with Gasteiger partial charge in [0.1, 0.15) is 0 Å². The van der Waals surface area contributed by atoms with E-state index in [0.29, 0.717) is 11.5 Å². The lowest BCUT2D eigenvalue weighted by atomic mass is 9.95. The standard InChI is InChI=1S/C15H22N2O2/c1-5-8-16-14(10(2)3)11-6-7-12-13(9-11)19-15(18)17(12)4/h6-7,9-10,14,16H,5,8H2,1-4H3. The Labute approximate surface area is 113 Å². The predicted molar refractivity (Wildman–Crippen MR) is 77.3 cm³/mol. The van der Waals surface area contributed by atoms with E-state index in [0.717, 1.165) is 18.5 Å². The Balaban J connectivity index is 2.40. The summed E-state index contributed by atoms with van der Waals surface area (Å²) in [5.74, 6) is 0.175. The number of benzene rings is 1. The highest BCUT2D eigenvalue weighted by Gasteiger charge is 2.16. The maximum absolute atomic E-state index is 11.5. The third-order valence-electron chi connectivity index (χ3n) is 3.46. The van der Waals surface area contributed by atoms with Gasteiger partial charge in [0.2, 0.25) is 0 Å². The predicted octanol–water partition coefficient (Wildman–Crippen LogP) is 2.83. The first-order valence-corrected chi connectivity index (χ1v) is 6.87. The molecule has 2 aromatic rings.